The van der Waals surface area contributed by atoms with E-state index in [1.807, 2.05) is 11.6 Å². The van der Waals surface area contributed by atoms with Crippen LogP contribution in [0.4, 0.5) is 13.2 Å². The first kappa shape index (κ1) is 40.9. The number of rotatable bonds is 14. The molecule has 296 valence electrons. The number of sulfonamides is 1. The number of carbonyl (C=O) groups is 4. The Kier molecular flexibility index (Phi) is 11.5. The molecular formula is C36H36F3N7O9S. The summed E-state index contributed by atoms with van der Waals surface area (Å²) in [5.74, 6) is -3.16. The first-order chi connectivity index (χ1) is 26.2. The number of nitrogens with zero attached hydrogens (tertiary/aromatic N) is 6. The molecule has 0 spiro atoms. The number of fused-ring (bicyclic) bond motifs is 1. The minimum Gasteiger partial charge on any atom is -0.569 e. The molecule has 3 aromatic carbocycles. The van der Waals surface area contributed by atoms with Gasteiger partial charge in [-0.1, -0.05) is 42.0 Å². The monoisotopic (exact) mass is 799 g/mol. The SMILES string of the molecule is Cc1ccc(-c2cc(C(F)(F)F)nn2-c2ccc(S(=O)(=O)NC(=O)CCC(=O)OCC(C)(C)N(C)/[N+]([O-])=N/OC(C)N3C(=O)c4ccccc4C3=O)cc2)cc1. The molecule has 0 fully saturated rings. The Hall–Kier alpha value is -6.31. The third-order valence-corrected chi connectivity index (χ3v) is 10.1. The summed E-state index contributed by atoms with van der Waals surface area (Å²) in [7, 11) is -3.15. The number of alkyl halides is 3. The molecule has 1 aliphatic heterocycles. The third kappa shape index (κ3) is 8.96. The summed E-state index contributed by atoms with van der Waals surface area (Å²) < 4.78 is 74.6. The number of imide groups is 1. The van der Waals surface area contributed by atoms with E-state index in [1.165, 1.54) is 52.1 Å². The molecular weight excluding hydrogens is 763 g/mol. The maximum absolute atomic E-state index is 13.6. The van der Waals surface area contributed by atoms with Crippen molar-refractivity contribution in [3.8, 4) is 16.9 Å². The van der Waals surface area contributed by atoms with Gasteiger partial charge in [-0.3, -0.25) is 19.2 Å². The summed E-state index contributed by atoms with van der Waals surface area (Å²) in [6.45, 7) is 5.83. The number of aryl methyl sites for hydroxylation is 1. The van der Waals surface area contributed by atoms with Gasteiger partial charge in [-0.2, -0.15) is 18.3 Å². The second-order valence-electron chi connectivity index (χ2n) is 13.3. The molecule has 5 rings (SSSR count). The highest BCUT2D eigenvalue weighted by Gasteiger charge is 2.40. The van der Waals surface area contributed by atoms with Gasteiger partial charge in [-0.25, -0.2) is 22.7 Å². The number of hydrogen-bond acceptors (Lipinski definition) is 11. The van der Waals surface area contributed by atoms with Crippen molar-refractivity contribution in [3.05, 3.63) is 106 Å². The van der Waals surface area contributed by atoms with Crippen LogP contribution in [-0.2, 0) is 35.4 Å². The topological polar surface area (TPSA) is 196 Å². The molecule has 0 saturated carbocycles. The summed E-state index contributed by atoms with van der Waals surface area (Å²) in [4.78, 5) is 55.9. The highest BCUT2D eigenvalue weighted by atomic mass is 32.2. The van der Waals surface area contributed by atoms with Crippen LogP contribution in [0.3, 0.4) is 0 Å². The number of carbonyl (C=O) groups excluding carboxylic acids is 4. The zero-order valence-corrected chi connectivity index (χ0v) is 31.4. The first-order valence-corrected chi connectivity index (χ1v) is 18.3. The Morgan fingerprint density at radius 3 is 2.14 bits per heavy atom. The summed E-state index contributed by atoms with van der Waals surface area (Å²) >= 11 is 0. The lowest BCUT2D eigenvalue weighted by Gasteiger charge is -2.30. The number of esters is 1. The molecule has 0 saturated heterocycles. The van der Waals surface area contributed by atoms with Gasteiger partial charge >= 0.3 is 12.1 Å². The van der Waals surface area contributed by atoms with E-state index in [0.29, 0.717) is 5.56 Å². The van der Waals surface area contributed by atoms with E-state index >= 15 is 0 Å². The lowest BCUT2D eigenvalue weighted by atomic mass is 10.1. The van der Waals surface area contributed by atoms with Gasteiger partial charge in [0.05, 0.1) is 45.8 Å². The molecule has 0 bridgehead atoms. The standard InChI is InChI=1S/C36H36F3N7O9S/c1-22-10-12-24(13-11-22)29-20-30(36(37,38)39)40-45(29)25-14-16-26(17-15-25)56(52,53)41-31(47)18-19-32(48)54-21-35(3,4)43(5)46(51)42-55-23(2)44-33(49)27-8-6-7-9-28(27)34(44)50/h6-17,20,23H,18-19,21H2,1-5H3,(H,41,47)/b46-42-. The fraction of sp³-hybridized carbons (Fsp3) is 0.306. The average Bonchev–Trinajstić information content (AvgIpc) is 3.71. The smallest absolute Gasteiger partial charge is 0.435 e. The predicted molar refractivity (Wildman–Crippen MR) is 190 cm³/mol. The Labute approximate surface area is 318 Å². The predicted octanol–water partition coefficient (Wildman–Crippen LogP) is 5.16. The largest absolute Gasteiger partial charge is 0.569 e. The highest BCUT2D eigenvalue weighted by Crippen LogP contribution is 2.33. The van der Waals surface area contributed by atoms with Crippen LogP contribution >= 0.6 is 0 Å². The second kappa shape index (κ2) is 15.8. The van der Waals surface area contributed by atoms with Crippen molar-refractivity contribution in [2.75, 3.05) is 13.7 Å². The molecule has 3 amide bonds. The molecule has 1 N–H and O–H groups in total. The number of benzene rings is 3. The fourth-order valence-corrected chi connectivity index (χ4v) is 6.31. The van der Waals surface area contributed by atoms with Crippen LogP contribution < -0.4 is 4.72 Å². The molecule has 1 aromatic heterocycles. The number of hydrogen-bond donors (Lipinski definition) is 1. The van der Waals surface area contributed by atoms with Crippen molar-refractivity contribution in [1.82, 2.24) is 24.4 Å². The molecule has 0 aliphatic carbocycles. The minimum atomic E-state index is -4.74. The van der Waals surface area contributed by atoms with Crippen LogP contribution in [0.25, 0.3) is 16.9 Å². The van der Waals surface area contributed by atoms with E-state index in [1.54, 1.807) is 36.4 Å². The summed E-state index contributed by atoms with van der Waals surface area (Å²) in [5.41, 5.74) is -0.406. The minimum absolute atomic E-state index is 0.0329. The molecule has 20 heteroatoms. The second-order valence-corrected chi connectivity index (χ2v) is 15.0. The lowest BCUT2D eigenvalue weighted by molar-refractivity contribution is -0.722. The summed E-state index contributed by atoms with van der Waals surface area (Å²) in [6.07, 6.45) is -7.10. The molecule has 4 aromatic rings. The Morgan fingerprint density at radius 2 is 1.57 bits per heavy atom. The number of nitrogens with one attached hydrogen (secondary N) is 1. The number of ether oxygens (including phenoxy) is 1. The van der Waals surface area contributed by atoms with Gasteiger partial charge < -0.3 is 14.8 Å². The van der Waals surface area contributed by atoms with E-state index in [2.05, 4.69) is 10.4 Å². The van der Waals surface area contributed by atoms with Gasteiger partial charge in [0.2, 0.25) is 17.4 Å². The summed E-state index contributed by atoms with van der Waals surface area (Å²) in [5, 5.41) is 20.8. The lowest BCUT2D eigenvalue weighted by Crippen LogP contribution is -2.49. The highest BCUT2D eigenvalue weighted by molar-refractivity contribution is 7.90. The van der Waals surface area contributed by atoms with Crippen molar-refractivity contribution in [2.24, 2.45) is 5.28 Å². The molecule has 2 heterocycles. The van der Waals surface area contributed by atoms with Crippen molar-refractivity contribution in [1.29, 1.82) is 0 Å². The molecule has 1 atom stereocenters. The van der Waals surface area contributed by atoms with Gasteiger partial charge in [0.15, 0.2) is 5.69 Å². The molecule has 0 radical (unpaired) electrons. The molecule has 56 heavy (non-hydrogen) atoms. The van der Waals surface area contributed by atoms with Crippen LogP contribution in [0.2, 0.25) is 0 Å². The van der Waals surface area contributed by atoms with E-state index in [4.69, 9.17) is 9.57 Å². The van der Waals surface area contributed by atoms with Gasteiger partial charge in [0, 0.05) is 12.0 Å². The molecule has 16 nitrogen and oxygen atoms in total. The number of amides is 3. The van der Waals surface area contributed by atoms with E-state index in [0.717, 1.165) is 38.4 Å². The Balaban J connectivity index is 1.12. The van der Waals surface area contributed by atoms with Crippen LogP contribution in [0.5, 0.6) is 0 Å². The maximum atomic E-state index is 13.6. The van der Waals surface area contributed by atoms with Gasteiger partial charge in [-0.15, -0.1) is 5.01 Å². The molecule has 1 unspecified atom stereocenters. The summed E-state index contributed by atoms with van der Waals surface area (Å²) in [6, 6.07) is 18.4. The van der Waals surface area contributed by atoms with Crippen LogP contribution in [0, 0.1) is 12.1 Å². The van der Waals surface area contributed by atoms with Crippen LogP contribution in [0.15, 0.2) is 89.0 Å². The third-order valence-electron chi connectivity index (χ3n) is 8.72. The number of likely N-dealkylation sites (N-methyl/N-ethyl adjacent to an activating group) is 1. The van der Waals surface area contributed by atoms with Crippen molar-refractivity contribution in [2.45, 2.75) is 63.4 Å². The van der Waals surface area contributed by atoms with Crippen molar-refractivity contribution >= 4 is 33.7 Å². The maximum Gasteiger partial charge on any atom is 0.435 e. The number of hydrazine groups is 1. The quantitative estimate of drug-likeness (QED) is 0.0582. The van der Waals surface area contributed by atoms with Gasteiger partial charge in [0.1, 0.15) is 12.1 Å². The van der Waals surface area contributed by atoms with E-state index in [9.17, 15) is 46.0 Å². The van der Waals surface area contributed by atoms with Crippen molar-refractivity contribution in [3.63, 3.8) is 0 Å². The normalized spacial score (nSPS) is 14.0. The number of halogens is 3. The fourth-order valence-electron chi connectivity index (χ4n) is 5.29. The van der Waals surface area contributed by atoms with Crippen LogP contribution in [-0.4, -0.2) is 82.2 Å². The van der Waals surface area contributed by atoms with E-state index in [-0.39, 0.29) is 39.0 Å². The van der Waals surface area contributed by atoms with Gasteiger partial charge in [0.25, 0.3) is 21.8 Å². The first-order valence-electron chi connectivity index (χ1n) is 16.8. The van der Waals surface area contributed by atoms with Gasteiger partial charge in [-0.05, 0) is 70.2 Å². The zero-order chi connectivity index (χ0) is 41.2. The Morgan fingerprint density at radius 1 is 0.982 bits per heavy atom. The average molecular weight is 800 g/mol. The Bertz CT molecular complexity index is 2260. The zero-order valence-electron chi connectivity index (χ0n) is 30.6. The van der Waals surface area contributed by atoms with Crippen molar-refractivity contribution < 1.29 is 55.3 Å². The van der Waals surface area contributed by atoms with E-state index < -0.39 is 70.2 Å². The number of aromatic nitrogens is 2. The van der Waals surface area contributed by atoms with Crippen LogP contribution in [0.1, 0.15) is 65.6 Å². The molecule has 1 aliphatic rings.